The first-order valence-electron chi connectivity index (χ1n) is 5.99. The smallest absolute Gasteiger partial charge is 0.0403 e. The summed E-state index contributed by atoms with van der Waals surface area (Å²) in [7, 11) is 0. The van der Waals surface area contributed by atoms with Crippen molar-refractivity contribution in [2.75, 3.05) is 17.2 Å². The van der Waals surface area contributed by atoms with E-state index in [4.69, 9.17) is 5.73 Å². The molecule has 0 saturated heterocycles. The summed E-state index contributed by atoms with van der Waals surface area (Å²) in [6, 6.07) is 7.18. The Morgan fingerprint density at radius 3 is 2.80 bits per heavy atom. The van der Waals surface area contributed by atoms with Crippen LogP contribution < -0.4 is 10.6 Å². The van der Waals surface area contributed by atoms with Crippen molar-refractivity contribution in [2.45, 2.75) is 38.1 Å². The van der Waals surface area contributed by atoms with Crippen molar-refractivity contribution in [3.63, 3.8) is 0 Å². The van der Waals surface area contributed by atoms with E-state index in [2.05, 4.69) is 17.0 Å². The van der Waals surface area contributed by atoms with E-state index in [1.807, 2.05) is 6.07 Å². The van der Waals surface area contributed by atoms with Gasteiger partial charge in [0.25, 0.3) is 0 Å². The molecule has 3 rings (SSSR count). The van der Waals surface area contributed by atoms with Crippen molar-refractivity contribution < 1.29 is 0 Å². The fourth-order valence-corrected chi connectivity index (χ4v) is 3.04. The molecule has 2 nitrogen and oxygen atoms in total. The highest BCUT2D eigenvalue weighted by atomic mass is 15.2. The van der Waals surface area contributed by atoms with Crippen LogP contribution in [0.25, 0.3) is 0 Å². The molecule has 0 aromatic heterocycles. The Labute approximate surface area is 91.1 Å². The van der Waals surface area contributed by atoms with Gasteiger partial charge in [-0.25, -0.2) is 0 Å². The molecule has 80 valence electrons. The first-order valence-corrected chi connectivity index (χ1v) is 5.99. The maximum absolute atomic E-state index is 5.81. The maximum Gasteiger partial charge on any atom is 0.0403 e. The van der Waals surface area contributed by atoms with Gasteiger partial charge in [0.2, 0.25) is 0 Å². The Morgan fingerprint density at radius 1 is 1.20 bits per heavy atom. The van der Waals surface area contributed by atoms with Gasteiger partial charge in [0.15, 0.2) is 0 Å². The van der Waals surface area contributed by atoms with Gasteiger partial charge < -0.3 is 10.6 Å². The zero-order valence-electron chi connectivity index (χ0n) is 9.08. The number of anilines is 2. The first-order chi connectivity index (χ1) is 7.34. The van der Waals surface area contributed by atoms with Crippen molar-refractivity contribution in [2.24, 2.45) is 0 Å². The summed E-state index contributed by atoms with van der Waals surface area (Å²) in [4.78, 5) is 2.60. The normalized spacial score (nSPS) is 20.9. The fraction of sp³-hybridized carbons (Fsp3) is 0.538. The number of nitrogens with two attached hydrogens (primary N) is 1. The number of hydrogen-bond acceptors (Lipinski definition) is 2. The van der Waals surface area contributed by atoms with Crippen molar-refractivity contribution in [1.29, 1.82) is 0 Å². The van der Waals surface area contributed by atoms with E-state index in [0.717, 1.165) is 11.7 Å². The molecule has 15 heavy (non-hydrogen) atoms. The van der Waals surface area contributed by atoms with Crippen LogP contribution in [0.4, 0.5) is 11.4 Å². The second kappa shape index (κ2) is 3.44. The molecular weight excluding hydrogens is 184 g/mol. The maximum atomic E-state index is 5.81. The highest BCUT2D eigenvalue weighted by Crippen LogP contribution is 2.35. The molecule has 0 atom stereocenters. The molecule has 1 aliphatic carbocycles. The van der Waals surface area contributed by atoms with Crippen LogP contribution in [0.1, 0.15) is 31.2 Å². The molecule has 0 unspecified atom stereocenters. The van der Waals surface area contributed by atoms with Crippen LogP contribution in [0.15, 0.2) is 18.2 Å². The number of hydrogen-bond donors (Lipinski definition) is 1. The predicted octanol–water partition coefficient (Wildman–Crippen LogP) is 2.57. The molecule has 1 aliphatic heterocycles. The second-order valence-electron chi connectivity index (χ2n) is 4.77. The summed E-state index contributed by atoms with van der Waals surface area (Å²) in [5.74, 6) is 0. The Bertz CT molecular complexity index is 367. The van der Waals surface area contributed by atoms with Gasteiger partial charge >= 0.3 is 0 Å². The van der Waals surface area contributed by atoms with Crippen molar-refractivity contribution in [3.05, 3.63) is 23.8 Å². The average Bonchev–Trinajstić information content (AvgIpc) is 2.82. The lowest BCUT2D eigenvalue weighted by molar-refractivity contribution is 0.625. The Hall–Kier alpha value is -1.18. The summed E-state index contributed by atoms with van der Waals surface area (Å²) in [6.45, 7) is 1.20. The molecule has 1 aromatic carbocycles. The number of nitrogen functional groups attached to an aromatic ring is 1. The van der Waals surface area contributed by atoms with Gasteiger partial charge in [0.1, 0.15) is 0 Å². The van der Waals surface area contributed by atoms with Gasteiger partial charge in [-0.05, 0) is 43.0 Å². The molecule has 1 heterocycles. The Kier molecular flexibility index (Phi) is 2.08. The molecule has 2 heteroatoms. The fourth-order valence-electron chi connectivity index (χ4n) is 3.04. The predicted molar refractivity (Wildman–Crippen MR) is 64.2 cm³/mol. The van der Waals surface area contributed by atoms with Crippen LogP contribution in [-0.4, -0.2) is 12.6 Å². The topological polar surface area (TPSA) is 29.3 Å². The number of benzene rings is 1. The SMILES string of the molecule is Nc1ccc2c(c1)CCN2C1CCCC1. The zero-order valence-corrected chi connectivity index (χ0v) is 9.08. The van der Waals surface area contributed by atoms with Crippen LogP contribution in [0.2, 0.25) is 0 Å². The summed E-state index contributed by atoms with van der Waals surface area (Å²) in [5, 5.41) is 0. The van der Waals surface area contributed by atoms with Crippen LogP contribution in [0.5, 0.6) is 0 Å². The van der Waals surface area contributed by atoms with Gasteiger partial charge in [-0.15, -0.1) is 0 Å². The molecular formula is C13H18N2. The van der Waals surface area contributed by atoms with Gasteiger partial charge in [-0.2, -0.15) is 0 Å². The Balaban J connectivity index is 1.90. The van der Waals surface area contributed by atoms with Crippen LogP contribution in [-0.2, 0) is 6.42 Å². The highest BCUT2D eigenvalue weighted by molar-refractivity contribution is 5.63. The lowest BCUT2D eigenvalue weighted by Gasteiger charge is -2.26. The van der Waals surface area contributed by atoms with E-state index >= 15 is 0 Å². The molecule has 0 bridgehead atoms. The third kappa shape index (κ3) is 1.48. The standard InChI is InChI=1S/C13H18N2/c14-11-5-6-13-10(9-11)7-8-15(13)12-3-1-2-4-12/h5-6,9,12H,1-4,7-8,14H2. The monoisotopic (exact) mass is 202 g/mol. The van der Waals surface area contributed by atoms with Crippen molar-refractivity contribution >= 4 is 11.4 Å². The molecule has 1 saturated carbocycles. The Morgan fingerprint density at radius 2 is 2.00 bits per heavy atom. The van der Waals surface area contributed by atoms with Crippen LogP contribution in [0.3, 0.4) is 0 Å². The van der Waals surface area contributed by atoms with E-state index in [1.54, 1.807) is 0 Å². The zero-order chi connectivity index (χ0) is 10.3. The molecule has 2 aliphatic rings. The minimum absolute atomic E-state index is 0.801. The molecule has 1 aromatic rings. The summed E-state index contributed by atoms with van der Waals surface area (Å²) >= 11 is 0. The molecule has 0 radical (unpaired) electrons. The molecule has 0 amide bonds. The summed E-state index contributed by atoms with van der Waals surface area (Å²) in [5.41, 5.74) is 9.60. The largest absolute Gasteiger partial charge is 0.399 e. The van der Waals surface area contributed by atoms with Gasteiger partial charge in [0, 0.05) is 24.0 Å². The molecule has 2 N–H and O–H groups in total. The van der Waals surface area contributed by atoms with E-state index in [1.165, 1.54) is 49.9 Å². The van der Waals surface area contributed by atoms with E-state index in [0.29, 0.717) is 0 Å². The summed E-state index contributed by atoms with van der Waals surface area (Å²) < 4.78 is 0. The minimum atomic E-state index is 0.801. The van der Waals surface area contributed by atoms with E-state index in [-0.39, 0.29) is 0 Å². The third-order valence-electron chi connectivity index (χ3n) is 3.80. The number of rotatable bonds is 1. The minimum Gasteiger partial charge on any atom is -0.399 e. The highest BCUT2D eigenvalue weighted by Gasteiger charge is 2.27. The lowest BCUT2D eigenvalue weighted by Crippen LogP contribution is -2.31. The molecule has 0 spiro atoms. The van der Waals surface area contributed by atoms with Crippen LogP contribution in [0, 0.1) is 0 Å². The van der Waals surface area contributed by atoms with Crippen molar-refractivity contribution in [3.8, 4) is 0 Å². The average molecular weight is 202 g/mol. The third-order valence-corrected chi connectivity index (χ3v) is 3.80. The molecule has 1 fully saturated rings. The van der Waals surface area contributed by atoms with Gasteiger partial charge in [0.05, 0.1) is 0 Å². The number of fused-ring (bicyclic) bond motifs is 1. The lowest BCUT2D eigenvalue weighted by atomic mass is 10.1. The van der Waals surface area contributed by atoms with Crippen molar-refractivity contribution in [1.82, 2.24) is 0 Å². The number of nitrogens with zero attached hydrogens (tertiary/aromatic N) is 1. The van der Waals surface area contributed by atoms with Gasteiger partial charge in [-0.1, -0.05) is 12.8 Å². The second-order valence-corrected chi connectivity index (χ2v) is 4.77. The van der Waals surface area contributed by atoms with E-state index in [9.17, 15) is 0 Å². The van der Waals surface area contributed by atoms with E-state index < -0.39 is 0 Å². The first kappa shape index (κ1) is 9.08. The van der Waals surface area contributed by atoms with Gasteiger partial charge in [-0.3, -0.25) is 0 Å². The quantitative estimate of drug-likeness (QED) is 0.709. The summed E-state index contributed by atoms with van der Waals surface area (Å²) in [6.07, 6.45) is 6.75. The van der Waals surface area contributed by atoms with Crippen LogP contribution >= 0.6 is 0 Å².